The number of phenols is 2. The average Bonchev–Trinajstić information content (AvgIpc) is 2.53. The molecule has 0 aromatic heterocycles. The number of aromatic hydroxyl groups is 2. The Hall–Kier alpha value is 1.89. The van der Waals surface area contributed by atoms with Crippen molar-refractivity contribution in [3.05, 3.63) is 59.7 Å². The SMILES string of the molecule is CC/C(=C(/CC)c1ccc(O)cc1)c1ccc(O)cc1.O=P(O)(O)O.[NaH].[NaH].[NaH].[NaH]. The summed E-state index contributed by atoms with van der Waals surface area (Å²) in [5, 5.41) is 18.8. The zero-order valence-electron chi connectivity index (χ0n) is 14.1. The summed E-state index contributed by atoms with van der Waals surface area (Å²) in [5.74, 6) is 0.568. The second-order valence-corrected chi connectivity index (χ2v) is 6.30. The molecule has 0 bridgehead atoms. The van der Waals surface area contributed by atoms with Gasteiger partial charge in [0.15, 0.2) is 0 Å². The van der Waals surface area contributed by atoms with Crippen LogP contribution in [0.4, 0.5) is 0 Å². The molecule has 0 aliphatic rings. The van der Waals surface area contributed by atoms with E-state index in [1.807, 2.05) is 24.3 Å². The van der Waals surface area contributed by atoms with E-state index in [-0.39, 0.29) is 130 Å². The molecule has 0 saturated heterocycles. The molecule has 0 aliphatic carbocycles. The van der Waals surface area contributed by atoms with Crippen molar-refractivity contribution >= 4 is 137 Å². The van der Waals surface area contributed by atoms with E-state index in [4.69, 9.17) is 19.2 Å². The zero-order valence-corrected chi connectivity index (χ0v) is 15.0. The van der Waals surface area contributed by atoms with Crippen molar-refractivity contribution in [2.24, 2.45) is 0 Å². The van der Waals surface area contributed by atoms with Crippen LogP contribution in [0.2, 0.25) is 0 Å². The summed E-state index contributed by atoms with van der Waals surface area (Å²) in [5.41, 5.74) is 4.82. The number of rotatable bonds is 4. The molecule has 0 aliphatic heterocycles. The van der Waals surface area contributed by atoms with Gasteiger partial charge in [0.2, 0.25) is 0 Å². The zero-order chi connectivity index (χ0) is 19.0. The predicted octanol–water partition coefficient (Wildman–Crippen LogP) is 1.31. The summed E-state index contributed by atoms with van der Waals surface area (Å²) in [6, 6.07) is 14.7. The van der Waals surface area contributed by atoms with E-state index in [1.54, 1.807) is 24.3 Å². The normalized spacial score (nSPS) is 10.4. The van der Waals surface area contributed by atoms with Crippen molar-refractivity contribution in [2.45, 2.75) is 26.7 Å². The Morgan fingerprint density at radius 1 is 0.655 bits per heavy atom. The van der Waals surface area contributed by atoms with Crippen molar-refractivity contribution in [3.63, 3.8) is 0 Å². The maximum absolute atomic E-state index is 9.41. The van der Waals surface area contributed by atoms with Crippen LogP contribution >= 0.6 is 7.82 Å². The molecule has 0 fully saturated rings. The number of phenolic OH excluding ortho intramolecular Hbond substituents is 2. The third-order valence-electron chi connectivity index (χ3n) is 3.50. The summed E-state index contributed by atoms with van der Waals surface area (Å²) in [6.07, 6.45) is 1.85. The monoisotopic (exact) mass is 462 g/mol. The van der Waals surface area contributed by atoms with Gasteiger partial charge in [0.25, 0.3) is 0 Å². The van der Waals surface area contributed by atoms with Crippen LogP contribution in [0.15, 0.2) is 48.5 Å². The van der Waals surface area contributed by atoms with E-state index in [1.165, 1.54) is 11.1 Å². The third-order valence-corrected chi connectivity index (χ3v) is 3.50. The molecule has 2 aromatic carbocycles. The topological polar surface area (TPSA) is 118 Å². The van der Waals surface area contributed by atoms with E-state index < -0.39 is 7.82 Å². The molecule has 0 unspecified atom stereocenters. The van der Waals surface area contributed by atoms with Crippen LogP contribution in [0.1, 0.15) is 37.8 Å². The van der Waals surface area contributed by atoms with Crippen LogP contribution in [0, 0.1) is 0 Å². The van der Waals surface area contributed by atoms with Crippen LogP contribution < -0.4 is 0 Å². The molecule has 0 amide bonds. The molecule has 0 spiro atoms. The van der Waals surface area contributed by atoms with Gasteiger partial charge in [0.1, 0.15) is 11.5 Å². The predicted molar refractivity (Wildman–Crippen MR) is 126 cm³/mol. The van der Waals surface area contributed by atoms with Crippen molar-refractivity contribution in [1.82, 2.24) is 0 Å². The van der Waals surface area contributed by atoms with E-state index in [0.29, 0.717) is 0 Å². The first-order valence-electron chi connectivity index (χ1n) is 7.74. The Balaban J connectivity index is -0.000000312. The van der Waals surface area contributed by atoms with E-state index >= 15 is 0 Å². The van der Waals surface area contributed by atoms with Crippen LogP contribution in [-0.2, 0) is 4.57 Å². The first-order valence-corrected chi connectivity index (χ1v) is 9.31. The van der Waals surface area contributed by atoms with Crippen molar-refractivity contribution in [3.8, 4) is 11.5 Å². The van der Waals surface area contributed by atoms with Crippen molar-refractivity contribution in [2.75, 3.05) is 0 Å². The Bertz CT molecular complexity index is 697. The van der Waals surface area contributed by atoms with Gasteiger partial charge in [-0.05, 0) is 59.4 Å². The van der Waals surface area contributed by atoms with Gasteiger partial charge in [-0.15, -0.1) is 0 Å². The van der Waals surface area contributed by atoms with E-state index in [0.717, 1.165) is 24.0 Å². The van der Waals surface area contributed by atoms with E-state index in [9.17, 15) is 10.2 Å². The third kappa shape index (κ3) is 16.2. The van der Waals surface area contributed by atoms with Gasteiger partial charge >= 0.3 is 126 Å². The second kappa shape index (κ2) is 19.4. The quantitative estimate of drug-likeness (QED) is 0.266. The van der Waals surface area contributed by atoms with Gasteiger partial charge in [-0.2, -0.15) is 0 Å². The molecule has 0 heterocycles. The number of benzene rings is 2. The van der Waals surface area contributed by atoms with Gasteiger partial charge in [0, 0.05) is 0 Å². The van der Waals surface area contributed by atoms with Gasteiger partial charge in [0.05, 0.1) is 0 Å². The Morgan fingerprint density at radius 2 is 0.862 bits per heavy atom. The fourth-order valence-electron chi connectivity index (χ4n) is 2.51. The van der Waals surface area contributed by atoms with Gasteiger partial charge in [-0.25, -0.2) is 4.57 Å². The summed E-state index contributed by atoms with van der Waals surface area (Å²) >= 11 is 0. The molecule has 5 N–H and O–H groups in total. The number of hydrogen-bond acceptors (Lipinski definition) is 3. The number of phosphoric acid groups is 1. The minimum atomic E-state index is -4.64. The maximum atomic E-state index is 9.41. The number of allylic oxidation sites excluding steroid dienone is 2. The fourth-order valence-corrected chi connectivity index (χ4v) is 2.51. The van der Waals surface area contributed by atoms with Gasteiger partial charge in [-0.3, -0.25) is 0 Å². The first-order chi connectivity index (χ1) is 11.7. The van der Waals surface area contributed by atoms with E-state index in [2.05, 4.69) is 13.8 Å². The summed E-state index contributed by atoms with van der Waals surface area (Å²) < 4.78 is 8.88. The van der Waals surface area contributed by atoms with Crippen molar-refractivity contribution < 1.29 is 29.5 Å². The van der Waals surface area contributed by atoms with Crippen molar-refractivity contribution in [1.29, 1.82) is 0 Å². The second-order valence-electron chi connectivity index (χ2n) is 5.27. The Labute approximate surface area is 260 Å². The van der Waals surface area contributed by atoms with Crippen LogP contribution in [0.5, 0.6) is 11.5 Å². The van der Waals surface area contributed by atoms with Gasteiger partial charge in [-0.1, -0.05) is 38.1 Å². The molecule has 0 radical (unpaired) electrons. The standard InChI is InChI=1S/C18H20O2.4Na.H3O4P.4H/c1-3-17(13-5-9-15(19)10-6-13)18(4-2)14-7-11-16(20)12-8-14;;;;;1-5(2,3)4;;;;/h5-12,19-20H,3-4H2,1-2H3;;;;;(H3,1,2,3,4);;;;/b18-17+;;;;;;;;;. The van der Waals surface area contributed by atoms with Gasteiger partial charge < -0.3 is 24.9 Å². The molecular formula is C18H27Na4O6P. The summed E-state index contributed by atoms with van der Waals surface area (Å²) in [6.45, 7) is 4.27. The van der Waals surface area contributed by atoms with Crippen LogP contribution in [0.25, 0.3) is 11.1 Å². The van der Waals surface area contributed by atoms with Crippen LogP contribution in [-0.4, -0.2) is 143 Å². The average molecular weight is 462 g/mol. The molecule has 2 rings (SSSR count). The molecule has 29 heavy (non-hydrogen) atoms. The molecule has 0 atom stereocenters. The molecular weight excluding hydrogens is 435 g/mol. The molecule has 2 aromatic rings. The molecule has 11 heteroatoms. The number of hydrogen-bond donors (Lipinski definition) is 5. The first kappa shape index (κ1) is 38.2. The van der Waals surface area contributed by atoms with Crippen LogP contribution in [0.3, 0.4) is 0 Å². The summed E-state index contributed by atoms with van der Waals surface area (Å²) in [7, 11) is -4.64. The Morgan fingerprint density at radius 3 is 1.03 bits per heavy atom. The molecule has 0 saturated carbocycles. The minimum absolute atomic E-state index is 0. The molecule has 144 valence electrons. The Kier molecular flexibility index (Phi) is 25.5. The summed E-state index contributed by atoms with van der Waals surface area (Å²) in [4.78, 5) is 21.6. The molecule has 6 nitrogen and oxygen atoms in total. The fraction of sp³-hybridized carbons (Fsp3) is 0.222.